The first kappa shape index (κ1) is 11.8. The minimum absolute atomic E-state index is 1.23. The molecular weight excluding hydrogens is 230 g/mol. The van der Waals surface area contributed by atoms with Crippen molar-refractivity contribution < 1.29 is 0 Å². The second-order valence-corrected chi connectivity index (χ2v) is 5.01. The summed E-state index contributed by atoms with van der Waals surface area (Å²) in [4.78, 5) is 2.11. The molecule has 3 rings (SSSR count). The molecule has 1 aliphatic carbocycles. The normalized spacial score (nSPS) is 14.7. The van der Waals surface area contributed by atoms with E-state index >= 15 is 0 Å². The van der Waals surface area contributed by atoms with E-state index in [0.29, 0.717) is 0 Å². The van der Waals surface area contributed by atoms with Crippen molar-refractivity contribution in [2.75, 3.05) is 19.0 Å². The Hall–Kier alpha value is -2.28. The lowest BCUT2D eigenvalue weighted by molar-refractivity contribution is 1.13. The zero-order valence-corrected chi connectivity index (χ0v) is 11.3. The summed E-state index contributed by atoms with van der Waals surface area (Å²) in [6.45, 7) is 0. The highest BCUT2D eigenvalue weighted by Gasteiger charge is 2.08. The molecule has 0 amide bonds. The molecule has 2 aromatic rings. The third kappa shape index (κ3) is 2.32. The summed E-state index contributed by atoms with van der Waals surface area (Å²) in [5.74, 6) is 0. The van der Waals surface area contributed by atoms with E-state index in [1.165, 1.54) is 28.0 Å². The molecule has 0 aromatic heterocycles. The molecule has 0 aliphatic heterocycles. The molecule has 1 nitrogen and oxygen atoms in total. The Morgan fingerprint density at radius 3 is 2.32 bits per heavy atom. The van der Waals surface area contributed by atoms with Crippen molar-refractivity contribution in [1.82, 2.24) is 0 Å². The largest absolute Gasteiger partial charge is 0.378 e. The van der Waals surface area contributed by atoms with E-state index in [4.69, 9.17) is 0 Å². The Kier molecular flexibility index (Phi) is 2.96. The Bertz CT molecular complexity index is 646. The lowest BCUT2D eigenvalue weighted by atomic mass is 10.0. The molecule has 0 atom stereocenters. The predicted molar refractivity (Wildman–Crippen MR) is 84.1 cm³/mol. The number of anilines is 1. The Balaban J connectivity index is 1.93. The average Bonchev–Trinajstić information content (AvgIpc) is 2.83. The molecule has 0 spiro atoms. The van der Waals surface area contributed by atoms with Crippen LogP contribution < -0.4 is 4.90 Å². The van der Waals surface area contributed by atoms with Gasteiger partial charge in [0.2, 0.25) is 0 Å². The first-order valence-corrected chi connectivity index (χ1v) is 6.50. The minimum atomic E-state index is 1.23. The molecule has 0 N–H and O–H groups in total. The quantitative estimate of drug-likeness (QED) is 0.764. The maximum Gasteiger partial charge on any atom is 0.0361 e. The Morgan fingerprint density at radius 1 is 0.842 bits per heavy atom. The van der Waals surface area contributed by atoms with Crippen molar-refractivity contribution in [2.24, 2.45) is 0 Å². The van der Waals surface area contributed by atoms with Gasteiger partial charge in [0.15, 0.2) is 0 Å². The van der Waals surface area contributed by atoms with Crippen LogP contribution in [0.4, 0.5) is 5.69 Å². The second kappa shape index (κ2) is 4.77. The Morgan fingerprint density at radius 2 is 1.58 bits per heavy atom. The molecule has 1 aliphatic rings. The molecule has 94 valence electrons. The molecule has 0 bridgehead atoms. The molecule has 0 saturated heterocycles. The smallest absolute Gasteiger partial charge is 0.0361 e. The van der Waals surface area contributed by atoms with Crippen molar-refractivity contribution in [2.45, 2.75) is 0 Å². The van der Waals surface area contributed by atoms with Crippen LogP contribution in [0.15, 0.2) is 54.6 Å². The molecule has 0 radical (unpaired) electrons. The summed E-state index contributed by atoms with van der Waals surface area (Å²) in [5, 5.41) is 0. The van der Waals surface area contributed by atoms with Gasteiger partial charge in [-0.3, -0.25) is 0 Å². The third-order valence-corrected chi connectivity index (χ3v) is 3.45. The number of hydrogen-bond acceptors (Lipinski definition) is 1. The number of allylic oxidation sites excluding steroid dienone is 2. The first-order chi connectivity index (χ1) is 9.24. The summed E-state index contributed by atoms with van der Waals surface area (Å²) in [7, 11) is 4.12. The third-order valence-electron chi connectivity index (χ3n) is 3.45. The molecule has 2 aromatic carbocycles. The van der Waals surface area contributed by atoms with E-state index in [0.717, 1.165) is 0 Å². The average molecular weight is 247 g/mol. The summed E-state index contributed by atoms with van der Waals surface area (Å²) < 4.78 is 0. The van der Waals surface area contributed by atoms with E-state index in [9.17, 15) is 0 Å². The van der Waals surface area contributed by atoms with Gasteiger partial charge < -0.3 is 4.90 Å². The highest BCUT2D eigenvalue weighted by atomic mass is 15.1. The highest BCUT2D eigenvalue weighted by molar-refractivity contribution is 5.97. The van der Waals surface area contributed by atoms with Crippen LogP contribution in [0, 0.1) is 0 Å². The predicted octanol–water partition coefficient (Wildman–Crippen LogP) is 4.32. The van der Waals surface area contributed by atoms with Crippen LogP contribution in [-0.2, 0) is 0 Å². The van der Waals surface area contributed by atoms with Crippen molar-refractivity contribution >= 4 is 23.4 Å². The van der Waals surface area contributed by atoms with Gasteiger partial charge in [-0.2, -0.15) is 0 Å². The number of hydrogen-bond donors (Lipinski definition) is 0. The molecule has 1 heteroatoms. The summed E-state index contributed by atoms with van der Waals surface area (Å²) in [6.07, 6.45) is 6.60. The van der Waals surface area contributed by atoms with E-state index in [1.807, 2.05) is 0 Å². The molecular formula is C18H17N. The van der Waals surface area contributed by atoms with Crippen molar-refractivity contribution in [1.29, 1.82) is 0 Å². The monoisotopic (exact) mass is 247 g/mol. The molecule has 0 fully saturated rings. The number of fused-ring (bicyclic) bond motifs is 1. The van der Waals surface area contributed by atoms with Crippen LogP contribution in [0.1, 0.15) is 16.7 Å². The fraction of sp³-hybridized carbons (Fsp3) is 0.111. The number of nitrogens with zero attached hydrogens (tertiary/aromatic N) is 1. The van der Waals surface area contributed by atoms with Gasteiger partial charge in [0.05, 0.1) is 0 Å². The van der Waals surface area contributed by atoms with Crippen molar-refractivity contribution in [3.05, 3.63) is 71.3 Å². The van der Waals surface area contributed by atoms with Crippen LogP contribution in [0.2, 0.25) is 0 Å². The van der Waals surface area contributed by atoms with Crippen LogP contribution in [-0.4, -0.2) is 14.1 Å². The molecule has 0 heterocycles. The van der Waals surface area contributed by atoms with Crippen LogP contribution in [0.5, 0.6) is 0 Å². The minimum Gasteiger partial charge on any atom is -0.378 e. The SMILES string of the molecule is CN(C)c1ccc(/C=C2/C=Cc3ccccc32)cc1. The van der Waals surface area contributed by atoms with E-state index in [2.05, 4.69) is 85.8 Å². The van der Waals surface area contributed by atoms with Gasteiger partial charge in [0.1, 0.15) is 0 Å². The van der Waals surface area contributed by atoms with Gasteiger partial charge in [-0.05, 0) is 40.5 Å². The lowest BCUT2D eigenvalue weighted by Gasteiger charge is -2.12. The van der Waals surface area contributed by atoms with Gasteiger partial charge in [0.25, 0.3) is 0 Å². The molecule has 0 saturated carbocycles. The first-order valence-electron chi connectivity index (χ1n) is 6.50. The second-order valence-electron chi connectivity index (χ2n) is 5.01. The fourth-order valence-corrected chi connectivity index (χ4v) is 2.35. The zero-order chi connectivity index (χ0) is 13.2. The zero-order valence-electron chi connectivity index (χ0n) is 11.3. The van der Waals surface area contributed by atoms with Gasteiger partial charge >= 0.3 is 0 Å². The van der Waals surface area contributed by atoms with Gasteiger partial charge in [-0.1, -0.05) is 48.6 Å². The van der Waals surface area contributed by atoms with Crippen molar-refractivity contribution in [3.63, 3.8) is 0 Å². The highest BCUT2D eigenvalue weighted by Crippen LogP contribution is 2.30. The summed E-state index contributed by atoms with van der Waals surface area (Å²) >= 11 is 0. The van der Waals surface area contributed by atoms with Crippen molar-refractivity contribution in [3.8, 4) is 0 Å². The molecule has 19 heavy (non-hydrogen) atoms. The summed E-state index contributed by atoms with van der Waals surface area (Å²) in [6, 6.07) is 17.1. The fourth-order valence-electron chi connectivity index (χ4n) is 2.35. The lowest BCUT2D eigenvalue weighted by Crippen LogP contribution is -2.07. The maximum atomic E-state index is 2.24. The maximum absolute atomic E-state index is 2.24. The topological polar surface area (TPSA) is 3.24 Å². The van der Waals surface area contributed by atoms with Crippen LogP contribution >= 0.6 is 0 Å². The number of benzene rings is 2. The number of rotatable bonds is 2. The van der Waals surface area contributed by atoms with Crippen LogP contribution in [0.25, 0.3) is 17.7 Å². The van der Waals surface area contributed by atoms with Gasteiger partial charge in [-0.15, -0.1) is 0 Å². The van der Waals surface area contributed by atoms with Crippen LogP contribution in [0.3, 0.4) is 0 Å². The van der Waals surface area contributed by atoms with Gasteiger partial charge in [0, 0.05) is 19.8 Å². The van der Waals surface area contributed by atoms with E-state index in [-0.39, 0.29) is 0 Å². The standard InChI is InChI=1S/C18H17N/c1-19(2)17-11-7-14(8-12-17)13-16-10-9-15-5-3-4-6-18(15)16/h3-13H,1-2H3/b16-13-. The summed E-state index contributed by atoms with van der Waals surface area (Å²) in [5.41, 5.74) is 6.37. The van der Waals surface area contributed by atoms with E-state index in [1.54, 1.807) is 0 Å². The molecule has 0 unspecified atom stereocenters. The van der Waals surface area contributed by atoms with E-state index < -0.39 is 0 Å². The Labute approximate surface area is 114 Å². The van der Waals surface area contributed by atoms with Gasteiger partial charge in [-0.25, -0.2) is 0 Å².